The maximum absolute atomic E-state index is 10.7. The van der Waals surface area contributed by atoms with E-state index in [-0.39, 0.29) is 0 Å². The van der Waals surface area contributed by atoms with Crippen LogP contribution >= 0.6 is 0 Å². The van der Waals surface area contributed by atoms with Crippen molar-refractivity contribution < 1.29 is 14.4 Å². The minimum Gasteiger partial charge on any atom is -0.524 e. The Morgan fingerprint density at radius 3 is 2.29 bits per heavy atom. The van der Waals surface area contributed by atoms with Gasteiger partial charge in [-0.2, -0.15) is 0 Å². The van der Waals surface area contributed by atoms with Crippen LogP contribution in [-0.4, -0.2) is 33.2 Å². The summed E-state index contributed by atoms with van der Waals surface area (Å²) in [6.45, 7) is 2.61. The van der Waals surface area contributed by atoms with Gasteiger partial charge >= 0.3 is 6.69 Å². The molecule has 1 aromatic carbocycles. The van der Waals surface area contributed by atoms with Crippen molar-refractivity contribution >= 4 is 12.1 Å². The number of rotatable bonds is 0. The molecule has 1 spiro atoms. The molecular formula is C13H20BNO2. The highest BCUT2D eigenvalue weighted by Gasteiger charge is 2.60. The molecule has 0 amide bonds. The average molecular weight is 233 g/mol. The van der Waals surface area contributed by atoms with E-state index in [1.54, 1.807) is 0 Å². The van der Waals surface area contributed by atoms with E-state index in [9.17, 15) is 10.0 Å². The first kappa shape index (κ1) is 11.3. The second-order valence-electron chi connectivity index (χ2n) is 5.86. The zero-order valence-corrected chi connectivity index (χ0v) is 10.5. The van der Waals surface area contributed by atoms with Crippen LogP contribution in [0.15, 0.2) is 24.3 Å². The van der Waals surface area contributed by atoms with E-state index in [1.807, 2.05) is 24.3 Å². The predicted molar refractivity (Wildman–Crippen MR) is 68.4 cm³/mol. The second-order valence-corrected chi connectivity index (χ2v) is 5.86. The quantitative estimate of drug-likeness (QED) is 0.648. The van der Waals surface area contributed by atoms with E-state index in [1.165, 1.54) is 0 Å². The number of hydrogen-bond acceptors (Lipinski definition) is 2. The minimum atomic E-state index is -2.46. The molecule has 2 aliphatic rings. The van der Waals surface area contributed by atoms with E-state index in [0.29, 0.717) is 16.5 Å². The predicted octanol–water partition coefficient (Wildman–Crippen LogP) is 0.718. The molecule has 0 saturated carbocycles. The lowest BCUT2D eigenvalue weighted by Gasteiger charge is -2.53. The summed E-state index contributed by atoms with van der Waals surface area (Å²) in [6, 6.07) is 8.44. The van der Waals surface area contributed by atoms with Gasteiger partial charge < -0.3 is 14.4 Å². The minimum absolute atomic E-state index is 0.326. The van der Waals surface area contributed by atoms with Gasteiger partial charge in [0, 0.05) is 24.9 Å². The summed E-state index contributed by atoms with van der Waals surface area (Å²) < 4.78 is 0.458. The number of nitrogens with zero attached hydrogens (tertiary/aromatic N) is 1. The van der Waals surface area contributed by atoms with Crippen LogP contribution in [0.4, 0.5) is 0 Å². The molecule has 3 nitrogen and oxygen atoms in total. The van der Waals surface area contributed by atoms with Crippen LogP contribution in [0.1, 0.15) is 32.3 Å². The van der Waals surface area contributed by atoms with Crippen molar-refractivity contribution in [3.63, 3.8) is 0 Å². The fourth-order valence-corrected chi connectivity index (χ4v) is 4.16. The monoisotopic (exact) mass is 233 g/mol. The van der Waals surface area contributed by atoms with Gasteiger partial charge in [-0.05, 0) is 19.4 Å². The lowest BCUT2D eigenvalue weighted by atomic mass is 9.61. The highest BCUT2D eigenvalue weighted by Crippen LogP contribution is 2.42. The normalized spacial score (nSPS) is 38.6. The smallest absolute Gasteiger partial charge is 0.498 e. The molecule has 2 heterocycles. The summed E-state index contributed by atoms with van der Waals surface area (Å²) >= 11 is 0. The zero-order valence-electron chi connectivity index (χ0n) is 10.5. The van der Waals surface area contributed by atoms with Gasteiger partial charge in [0.25, 0.3) is 0 Å². The Balaban J connectivity index is 2.18. The first-order valence-electron chi connectivity index (χ1n) is 6.55. The molecule has 2 aliphatic heterocycles. The summed E-state index contributed by atoms with van der Waals surface area (Å²) in [5.74, 6) is 0. The Morgan fingerprint density at radius 1 is 1.12 bits per heavy atom. The van der Waals surface area contributed by atoms with Crippen LogP contribution in [0.2, 0.25) is 0 Å². The summed E-state index contributed by atoms with van der Waals surface area (Å²) in [7, 11) is 0. The van der Waals surface area contributed by atoms with Crippen LogP contribution in [-0.2, 0) is 6.54 Å². The molecule has 1 saturated heterocycles. The van der Waals surface area contributed by atoms with Crippen molar-refractivity contribution in [3.05, 3.63) is 29.8 Å². The number of quaternary nitrogens is 1. The Kier molecular flexibility index (Phi) is 2.22. The SMILES string of the molecule is CC1CCC(C)[N+]12Cc1ccccc1[B-]2(O)O. The first-order chi connectivity index (χ1) is 8.00. The summed E-state index contributed by atoms with van der Waals surface area (Å²) in [4.78, 5) is 0. The Morgan fingerprint density at radius 2 is 1.71 bits per heavy atom. The van der Waals surface area contributed by atoms with Crippen LogP contribution in [0.3, 0.4) is 0 Å². The Bertz CT molecular complexity index is 450. The fourth-order valence-electron chi connectivity index (χ4n) is 4.16. The molecule has 2 N–H and O–H groups in total. The lowest BCUT2D eigenvalue weighted by molar-refractivity contribution is -0.888. The van der Waals surface area contributed by atoms with Gasteiger partial charge in [-0.15, -0.1) is 0 Å². The van der Waals surface area contributed by atoms with Crippen LogP contribution in [0.5, 0.6) is 0 Å². The molecule has 1 aromatic rings. The topological polar surface area (TPSA) is 40.5 Å². The van der Waals surface area contributed by atoms with Crippen LogP contribution in [0, 0.1) is 0 Å². The summed E-state index contributed by atoms with van der Waals surface area (Å²) in [6.07, 6.45) is 2.17. The summed E-state index contributed by atoms with van der Waals surface area (Å²) in [5.41, 5.74) is 1.87. The van der Waals surface area contributed by atoms with Crippen molar-refractivity contribution in [1.29, 1.82) is 0 Å². The van der Waals surface area contributed by atoms with Gasteiger partial charge in [-0.1, -0.05) is 29.7 Å². The summed E-state index contributed by atoms with van der Waals surface area (Å²) in [5, 5.41) is 21.5. The second kappa shape index (κ2) is 3.34. The Hall–Kier alpha value is -0.835. The van der Waals surface area contributed by atoms with Crippen LogP contribution < -0.4 is 5.46 Å². The molecule has 3 rings (SSSR count). The van der Waals surface area contributed by atoms with Gasteiger partial charge in [-0.25, -0.2) is 0 Å². The third-order valence-electron chi connectivity index (χ3n) is 5.23. The molecule has 0 radical (unpaired) electrons. The van der Waals surface area contributed by atoms with E-state index >= 15 is 0 Å². The molecule has 0 bridgehead atoms. The van der Waals surface area contributed by atoms with Gasteiger partial charge in [0.05, 0.1) is 6.54 Å². The van der Waals surface area contributed by atoms with Gasteiger partial charge in [-0.3, -0.25) is 0 Å². The maximum atomic E-state index is 10.7. The highest BCUT2D eigenvalue weighted by molar-refractivity contribution is 6.73. The van der Waals surface area contributed by atoms with Gasteiger partial charge in [0.2, 0.25) is 0 Å². The van der Waals surface area contributed by atoms with Gasteiger partial charge in [0.15, 0.2) is 0 Å². The lowest BCUT2D eigenvalue weighted by Crippen LogP contribution is -2.73. The number of fused-ring (bicyclic) bond motifs is 1. The molecule has 2 unspecified atom stereocenters. The van der Waals surface area contributed by atoms with Gasteiger partial charge in [0.1, 0.15) is 0 Å². The van der Waals surface area contributed by atoms with E-state index in [4.69, 9.17) is 0 Å². The largest absolute Gasteiger partial charge is 0.524 e. The Labute approximate surface area is 102 Å². The zero-order chi connectivity index (χ0) is 12.3. The number of benzene rings is 1. The fraction of sp³-hybridized carbons (Fsp3) is 0.538. The van der Waals surface area contributed by atoms with Crippen molar-refractivity contribution in [2.24, 2.45) is 0 Å². The van der Waals surface area contributed by atoms with E-state index in [2.05, 4.69) is 13.8 Å². The standard InChI is InChI=1S/C13H20BNO2/c1-10-7-8-11(2)15(10)9-12-5-3-4-6-13(12)14(15,16)17/h3-6,10-11,16-17H,7-9H2,1-2H3. The van der Waals surface area contributed by atoms with Crippen LogP contribution in [0.25, 0.3) is 0 Å². The van der Waals surface area contributed by atoms with E-state index in [0.717, 1.165) is 30.4 Å². The molecule has 92 valence electrons. The molecule has 17 heavy (non-hydrogen) atoms. The molecule has 4 heteroatoms. The molecule has 2 atom stereocenters. The first-order valence-corrected chi connectivity index (χ1v) is 6.55. The van der Waals surface area contributed by atoms with Crippen molar-refractivity contribution in [3.8, 4) is 0 Å². The average Bonchev–Trinajstić information content (AvgIpc) is 2.71. The third-order valence-corrected chi connectivity index (χ3v) is 5.23. The van der Waals surface area contributed by atoms with Crippen molar-refractivity contribution in [1.82, 2.24) is 0 Å². The third kappa shape index (κ3) is 1.18. The van der Waals surface area contributed by atoms with E-state index < -0.39 is 6.69 Å². The van der Waals surface area contributed by atoms with Crippen molar-refractivity contribution in [2.75, 3.05) is 0 Å². The molecule has 0 aliphatic carbocycles. The molecule has 1 fully saturated rings. The van der Waals surface area contributed by atoms with Crippen molar-refractivity contribution in [2.45, 2.75) is 45.3 Å². The highest BCUT2D eigenvalue weighted by atomic mass is 16.4. The maximum Gasteiger partial charge on any atom is 0.498 e. The molecular weight excluding hydrogens is 213 g/mol. The molecule has 0 aromatic heterocycles. The number of hydrogen-bond donors (Lipinski definition) is 2.